The van der Waals surface area contributed by atoms with Gasteiger partial charge in [-0.2, -0.15) is 0 Å². The van der Waals surface area contributed by atoms with E-state index in [4.69, 9.17) is 11.6 Å². The van der Waals surface area contributed by atoms with Crippen LogP contribution in [0.5, 0.6) is 0 Å². The average Bonchev–Trinajstić information content (AvgIpc) is 2.40. The molecule has 1 aliphatic rings. The first kappa shape index (κ1) is 12.3. The van der Waals surface area contributed by atoms with Crippen LogP contribution in [0.4, 0.5) is 14.9 Å². The van der Waals surface area contributed by atoms with Gasteiger partial charge in [-0.3, -0.25) is 4.72 Å². The highest BCUT2D eigenvalue weighted by atomic mass is 35.5. The van der Waals surface area contributed by atoms with Gasteiger partial charge < -0.3 is 5.32 Å². The molecule has 2 N–H and O–H groups in total. The Morgan fingerprint density at radius 1 is 1.16 bits per heavy atom. The van der Waals surface area contributed by atoms with Crippen molar-refractivity contribution < 1.29 is 9.18 Å². The van der Waals surface area contributed by atoms with Gasteiger partial charge in [0.25, 0.3) is 0 Å². The highest BCUT2D eigenvalue weighted by molar-refractivity contribution is 7.98. The number of carbonyl (C=O) groups excluding carboxylic acids is 1. The van der Waals surface area contributed by atoms with E-state index in [0.717, 1.165) is 16.8 Å². The van der Waals surface area contributed by atoms with E-state index in [1.807, 2.05) is 0 Å². The van der Waals surface area contributed by atoms with Gasteiger partial charge in [0.05, 0.1) is 10.6 Å². The maximum Gasteiger partial charge on any atom is 0.329 e. The number of urea groups is 1. The summed E-state index contributed by atoms with van der Waals surface area (Å²) in [5.74, 6) is -0.422. The molecule has 0 saturated carbocycles. The van der Waals surface area contributed by atoms with Crippen LogP contribution in [-0.2, 0) is 0 Å². The number of hydrogen-bond donors (Lipinski definition) is 2. The second-order valence-electron chi connectivity index (χ2n) is 3.93. The molecule has 1 aliphatic heterocycles. The Labute approximate surface area is 118 Å². The van der Waals surface area contributed by atoms with Gasteiger partial charge >= 0.3 is 6.03 Å². The first-order chi connectivity index (χ1) is 9.16. The van der Waals surface area contributed by atoms with Crippen LogP contribution in [0.1, 0.15) is 0 Å². The fourth-order valence-corrected chi connectivity index (χ4v) is 2.81. The Morgan fingerprint density at radius 2 is 1.95 bits per heavy atom. The van der Waals surface area contributed by atoms with Crippen LogP contribution in [0.15, 0.2) is 41.3 Å². The van der Waals surface area contributed by atoms with Crippen LogP contribution in [0.2, 0.25) is 5.02 Å². The van der Waals surface area contributed by atoms with E-state index in [2.05, 4.69) is 10.0 Å². The third kappa shape index (κ3) is 2.15. The third-order valence-corrected chi connectivity index (χ3v) is 3.93. The van der Waals surface area contributed by atoms with Crippen molar-refractivity contribution in [2.75, 3.05) is 5.32 Å². The molecule has 0 aromatic heterocycles. The SMILES string of the molecule is O=C1NSc2ccc(F)c(-c3ccccc3Cl)c2N1. The average molecular weight is 295 g/mol. The minimum absolute atomic E-state index is 0.311. The molecule has 2 amide bonds. The van der Waals surface area contributed by atoms with Crippen LogP contribution in [0, 0.1) is 5.82 Å². The van der Waals surface area contributed by atoms with Gasteiger partial charge in [-0.15, -0.1) is 0 Å². The van der Waals surface area contributed by atoms with Crippen LogP contribution >= 0.6 is 23.5 Å². The van der Waals surface area contributed by atoms with Crippen molar-refractivity contribution in [3.05, 3.63) is 47.2 Å². The van der Waals surface area contributed by atoms with Crippen LogP contribution < -0.4 is 10.0 Å². The topological polar surface area (TPSA) is 41.1 Å². The summed E-state index contributed by atoms with van der Waals surface area (Å²) in [6, 6.07) is 9.55. The van der Waals surface area contributed by atoms with Crippen molar-refractivity contribution in [2.45, 2.75) is 4.90 Å². The van der Waals surface area contributed by atoms with Crippen molar-refractivity contribution in [1.82, 2.24) is 4.72 Å². The van der Waals surface area contributed by atoms with Crippen molar-refractivity contribution in [3.8, 4) is 11.1 Å². The Morgan fingerprint density at radius 3 is 2.74 bits per heavy atom. The van der Waals surface area contributed by atoms with Crippen LogP contribution in [0.25, 0.3) is 11.1 Å². The van der Waals surface area contributed by atoms with Gasteiger partial charge in [-0.05, 0) is 30.1 Å². The molecule has 0 spiro atoms. The molecule has 3 nitrogen and oxygen atoms in total. The van der Waals surface area contributed by atoms with E-state index in [0.29, 0.717) is 21.8 Å². The summed E-state index contributed by atoms with van der Waals surface area (Å²) in [6.07, 6.45) is 0. The van der Waals surface area contributed by atoms with Gasteiger partial charge in [0.2, 0.25) is 0 Å². The third-order valence-electron chi connectivity index (χ3n) is 2.75. The van der Waals surface area contributed by atoms with E-state index >= 15 is 0 Å². The van der Waals surface area contributed by atoms with Crippen molar-refractivity contribution in [2.24, 2.45) is 0 Å². The summed E-state index contributed by atoms with van der Waals surface area (Å²) < 4.78 is 16.7. The quantitative estimate of drug-likeness (QED) is 0.770. The monoisotopic (exact) mass is 294 g/mol. The highest BCUT2D eigenvalue weighted by Crippen LogP contribution is 2.41. The van der Waals surface area contributed by atoms with Crippen molar-refractivity contribution in [1.29, 1.82) is 0 Å². The van der Waals surface area contributed by atoms with Gasteiger partial charge in [0.15, 0.2) is 0 Å². The molecule has 2 aromatic rings. The fourth-order valence-electron chi connectivity index (χ4n) is 1.93. The Balaban J connectivity index is 2.26. The van der Waals surface area contributed by atoms with Crippen LogP contribution in [-0.4, -0.2) is 6.03 Å². The standard InChI is InChI=1S/C13H8ClFN2OS/c14-8-4-2-1-3-7(8)11-9(15)5-6-10-12(11)16-13(18)17-19-10/h1-6H,(H2,16,17,18). The number of anilines is 1. The zero-order valence-corrected chi connectivity index (χ0v) is 11.1. The highest BCUT2D eigenvalue weighted by Gasteiger charge is 2.22. The first-order valence-electron chi connectivity index (χ1n) is 5.48. The van der Waals surface area contributed by atoms with Gasteiger partial charge in [-0.25, -0.2) is 9.18 Å². The largest absolute Gasteiger partial charge is 0.329 e. The molecule has 1 heterocycles. The maximum absolute atomic E-state index is 14.1. The minimum Gasteiger partial charge on any atom is -0.305 e. The number of nitrogens with one attached hydrogen (secondary N) is 2. The van der Waals surface area contributed by atoms with E-state index in [-0.39, 0.29) is 6.03 Å². The summed E-state index contributed by atoms with van der Waals surface area (Å²) >= 11 is 7.26. The van der Waals surface area contributed by atoms with Gasteiger partial charge in [-0.1, -0.05) is 29.8 Å². The number of amides is 2. The predicted octanol–water partition coefficient (Wildman–Crippen LogP) is 4.29. The Hall–Kier alpha value is -1.72. The molecule has 0 fully saturated rings. The predicted molar refractivity (Wildman–Crippen MR) is 74.9 cm³/mol. The van der Waals surface area contributed by atoms with Crippen molar-refractivity contribution in [3.63, 3.8) is 0 Å². The molecule has 19 heavy (non-hydrogen) atoms. The summed E-state index contributed by atoms with van der Waals surface area (Å²) in [5.41, 5.74) is 1.31. The molecule has 0 aliphatic carbocycles. The summed E-state index contributed by atoms with van der Waals surface area (Å²) in [5, 5.41) is 3.06. The van der Waals surface area contributed by atoms with E-state index in [1.54, 1.807) is 30.3 Å². The number of rotatable bonds is 1. The fraction of sp³-hybridized carbons (Fsp3) is 0. The van der Waals surface area contributed by atoms with Crippen molar-refractivity contribution >= 4 is 35.3 Å². The zero-order valence-electron chi connectivity index (χ0n) is 9.54. The lowest BCUT2D eigenvalue weighted by molar-refractivity contribution is 0.257. The molecule has 0 bridgehead atoms. The van der Waals surface area contributed by atoms with E-state index in [9.17, 15) is 9.18 Å². The van der Waals surface area contributed by atoms with Gasteiger partial charge in [0, 0.05) is 16.1 Å². The van der Waals surface area contributed by atoms with E-state index in [1.165, 1.54) is 6.07 Å². The van der Waals surface area contributed by atoms with Crippen LogP contribution in [0.3, 0.4) is 0 Å². The Kier molecular flexibility index (Phi) is 3.08. The first-order valence-corrected chi connectivity index (χ1v) is 6.67. The number of fused-ring (bicyclic) bond motifs is 1. The molecule has 0 radical (unpaired) electrons. The molecular formula is C13H8ClFN2OS. The molecule has 2 aromatic carbocycles. The number of benzene rings is 2. The number of hydrogen-bond acceptors (Lipinski definition) is 2. The molecule has 0 saturated heterocycles. The molecule has 96 valence electrons. The molecule has 3 rings (SSSR count). The maximum atomic E-state index is 14.1. The molecular weight excluding hydrogens is 287 g/mol. The normalized spacial score (nSPS) is 13.5. The summed E-state index contributed by atoms with van der Waals surface area (Å²) in [6.45, 7) is 0. The lowest BCUT2D eigenvalue weighted by Crippen LogP contribution is -2.27. The zero-order chi connectivity index (χ0) is 13.4. The number of halogens is 2. The minimum atomic E-state index is -0.422. The van der Waals surface area contributed by atoms with Gasteiger partial charge in [0.1, 0.15) is 5.82 Å². The molecule has 6 heteroatoms. The smallest absolute Gasteiger partial charge is 0.305 e. The lowest BCUT2D eigenvalue weighted by Gasteiger charge is -2.21. The second kappa shape index (κ2) is 4.75. The summed E-state index contributed by atoms with van der Waals surface area (Å²) in [4.78, 5) is 12.2. The lowest BCUT2D eigenvalue weighted by atomic mass is 10.0. The number of carbonyl (C=O) groups is 1. The summed E-state index contributed by atoms with van der Waals surface area (Å²) in [7, 11) is 0. The second-order valence-corrected chi connectivity index (χ2v) is 5.19. The Bertz CT molecular complexity index is 678. The molecule has 0 atom stereocenters. The molecule has 0 unspecified atom stereocenters. The van der Waals surface area contributed by atoms with E-state index < -0.39 is 5.82 Å².